The minimum absolute atomic E-state index is 0.198. The monoisotopic (exact) mass is 299 g/mol. The summed E-state index contributed by atoms with van der Waals surface area (Å²) in [5.74, 6) is -0.738. The molecular weight excluding hydrogens is 286 g/mol. The molecule has 7 heteroatoms. The van der Waals surface area contributed by atoms with Crippen LogP contribution in [-0.4, -0.2) is 22.2 Å². The number of phenols is 1. The molecule has 2 N–H and O–H groups in total. The van der Waals surface area contributed by atoms with E-state index >= 15 is 0 Å². The third-order valence-corrected chi connectivity index (χ3v) is 2.81. The third kappa shape index (κ3) is 4.14. The molecule has 2 aromatic carbocycles. The number of carbonyl (C=O) groups excluding carboxylic acids is 1. The zero-order valence-electron chi connectivity index (χ0n) is 11.5. The van der Waals surface area contributed by atoms with Crippen molar-refractivity contribution in [1.82, 2.24) is 5.43 Å². The summed E-state index contributed by atoms with van der Waals surface area (Å²) < 4.78 is 0. The first-order chi connectivity index (χ1) is 10.6. The Labute approximate surface area is 126 Å². The molecule has 0 aliphatic heterocycles. The van der Waals surface area contributed by atoms with Gasteiger partial charge in [0.2, 0.25) is 5.91 Å². The average molecular weight is 299 g/mol. The molecule has 7 nitrogen and oxygen atoms in total. The molecule has 0 unspecified atom stereocenters. The number of nitro benzene ring substituents is 1. The first-order valence-corrected chi connectivity index (χ1v) is 6.39. The highest BCUT2D eigenvalue weighted by atomic mass is 16.6. The summed E-state index contributed by atoms with van der Waals surface area (Å²) in [5.41, 5.74) is 3.26. The summed E-state index contributed by atoms with van der Waals surface area (Å²) in [7, 11) is 0. The van der Waals surface area contributed by atoms with Crippen LogP contribution in [0, 0.1) is 10.1 Å². The van der Waals surface area contributed by atoms with E-state index in [2.05, 4.69) is 10.5 Å². The third-order valence-electron chi connectivity index (χ3n) is 2.81. The fraction of sp³-hybridized carbons (Fsp3) is 0.0667. The number of aromatic hydroxyl groups is 1. The van der Waals surface area contributed by atoms with Crippen LogP contribution in [0.4, 0.5) is 5.69 Å². The maximum absolute atomic E-state index is 11.6. The Hall–Kier alpha value is -3.22. The van der Waals surface area contributed by atoms with Gasteiger partial charge in [-0.1, -0.05) is 30.3 Å². The van der Waals surface area contributed by atoms with E-state index in [0.29, 0.717) is 5.56 Å². The highest BCUT2D eigenvalue weighted by Gasteiger charge is 2.12. The van der Waals surface area contributed by atoms with Crippen LogP contribution in [0.3, 0.4) is 0 Å². The van der Waals surface area contributed by atoms with Gasteiger partial charge in [0.25, 0.3) is 0 Å². The van der Waals surface area contributed by atoms with E-state index in [1.807, 2.05) is 30.3 Å². The number of benzene rings is 2. The van der Waals surface area contributed by atoms with Crippen molar-refractivity contribution in [2.24, 2.45) is 5.10 Å². The van der Waals surface area contributed by atoms with Crippen LogP contribution >= 0.6 is 0 Å². The van der Waals surface area contributed by atoms with Gasteiger partial charge in [-0.3, -0.25) is 14.9 Å². The van der Waals surface area contributed by atoms with Gasteiger partial charge in [-0.15, -0.1) is 0 Å². The molecule has 112 valence electrons. The van der Waals surface area contributed by atoms with E-state index in [1.165, 1.54) is 24.4 Å². The van der Waals surface area contributed by atoms with Gasteiger partial charge in [0, 0.05) is 6.07 Å². The van der Waals surface area contributed by atoms with Gasteiger partial charge in [0.05, 0.1) is 17.6 Å². The second-order valence-corrected chi connectivity index (χ2v) is 4.46. The standard InChI is InChI=1S/C15H13N3O4/c19-14-8-12(6-7-13(14)18(21)22)10-16-17-15(20)9-11-4-2-1-3-5-11/h1-8,10,19H,9H2,(H,17,20)/b16-10-. The average Bonchev–Trinajstić information content (AvgIpc) is 2.48. The Balaban J connectivity index is 1.93. The van der Waals surface area contributed by atoms with Gasteiger partial charge in [0.1, 0.15) is 0 Å². The van der Waals surface area contributed by atoms with Crippen molar-refractivity contribution in [1.29, 1.82) is 0 Å². The predicted octanol–water partition coefficient (Wildman–Crippen LogP) is 1.99. The van der Waals surface area contributed by atoms with Crippen LogP contribution < -0.4 is 5.43 Å². The largest absolute Gasteiger partial charge is 0.502 e. The molecule has 22 heavy (non-hydrogen) atoms. The van der Waals surface area contributed by atoms with E-state index in [4.69, 9.17) is 0 Å². The Morgan fingerprint density at radius 3 is 2.64 bits per heavy atom. The number of nitro groups is 1. The number of amides is 1. The molecule has 0 aliphatic carbocycles. The summed E-state index contributed by atoms with van der Waals surface area (Å²) in [6, 6.07) is 13.0. The van der Waals surface area contributed by atoms with Gasteiger partial charge < -0.3 is 5.11 Å². The number of phenolic OH excluding ortho intramolecular Hbond substituents is 1. The molecule has 1 amide bonds. The normalized spacial score (nSPS) is 10.5. The van der Waals surface area contributed by atoms with Gasteiger partial charge in [0.15, 0.2) is 5.75 Å². The molecule has 0 aliphatic rings. The fourth-order valence-corrected chi connectivity index (χ4v) is 1.77. The molecule has 0 atom stereocenters. The van der Waals surface area contributed by atoms with Crippen LogP contribution in [0.1, 0.15) is 11.1 Å². The zero-order valence-corrected chi connectivity index (χ0v) is 11.5. The van der Waals surface area contributed by atoms with E-state index in [0.717, 1.165) is 5.56 Å². The Kier molecular flexibility index (Phi) is 4.81. The van der Waals surface area contributed by atoms with Gasteiger partial charge in [-0.2, -0.15) is 5.10 Å². The molecule has 0 bridgehead atoms. The summed E-state index contributed by atoms with van der Waals surface area (Å²) in [5, 5.41) is 23.8. The number of nitrogens with zero attached hydrogens (tertiary/aromatic N) is 2. The molecule has 0 saturated carbocycles. The van der Waals surface area contributed by atoms with E-state index in [9.17, 15) is 20.0 Å². The van der Waals surface area contributed by atoms with Gasteiger partial charge >= 0.3 is 5.69 Å². The van der Waals surface area contributed by atoms with Crippen LogP contribution in [-0.2, 0) is 11.2 Å². The second-order valence-electron chi connectivity index (χ2n) is 4.46. The van der Waals surface area contributed by atoms with Crippen LogP contribution in [0.25, 0.3) is 0 Å². The summed E-state index contributed by atoms with van der Waals surface area (Å²) >= 11 is 0. The lowest BCUT2D eigenvalue weighted by molar-refractivity contribution is -0.385. The lowest BCUT2D eigenvalue weighted by atomic mass is 10.1. The van der Waals surface area contributed by atoms with E-state index < -0.39 is 10.7 Å². The topological polar surface area (TPSA) is 105 Å². The van der Waals surface area contributed by atoms with Crippen molar-refractivity contribution in [2.45, 2.75) is 6.42 Å². The Morgan fingerprint density at radius 1 is 1.27 bits per heavy atom. The first-order valence-electron chi connectivity index (χ1n) is 6.39. The molecule has 0 heterocycles. The lowest BCUT2D eigenvalue weighted by Crippen LogP contribution is -2.19. The number of hydrazone groups is 1. The molecule has 0 radical (unpaired) electrons. The summed E-state index contributed by atoms with van der Waals surface area (Å²) in [6.07, 6.45) is 1.50. The van der Waals surface area contributed by atoms with Crippen molar-refractivity contribution in [3.63, 3.8) is 0 Å². The van der Waals surface area contributed by atoms with Crippen LogP contribution in [0.2, 0.25) is 0 Å². The van der Waals surface area contributed by atoms with Crippen molar-refractivity contribution in [3.8, 4) is 5.75 Å². The van der Waals surface area contributed by atoms with Crippen molar-refractivity contribution >= 4 is 17.8 Å². The molecule has 0 spiro atoms. The molecule has 0 aromatic heterocycles. The summed E-state index contributed by atoms with van der Waals surface area (Å²) in [4.78, 5) is 21.5. The lowest BCUT2D eigenvalue weighted by Gasteiger charge is -2.00. The first kappa shape index (κ1) is 15.2. The number of carbonyl (C=O) groups is 1. The Bertz CT molecular complexity index is 714. The molecule has 0 saturated heterocycles. The van der Waals surface area contributed by atoms with Crippen molar-refractivity contribution in [2.75, 3.05) is 0 Å². The molecular formula is C15H13N3O4. The maximum Gasteiger partial charge on any atom is 0.310 e. The predicted molar refractivity (Wildman–Crippen MR) is 80.6 cm³/mol. The Morgan fingerprint density at radius 2 is 2.00 bits per heavy atom. The molecule has 0 fully saturated rings. The number of nitrogens with one attached hydrogen (secondary N) is 1. The van der Waals surface area contributed by atoms with Crippen LogP contribution in [0.5, 0.6) is 5.75 Å². The highest BCUT2D eigenvalue weighted by Crippen LogP contribution is 2.25. The molecule has 2 rings (SSSR count). The van der Waals surface area contributed by atoms with Crippen molar-refractivity contribution < 1.29 is 14.8 Å². The second kappa shape index (κ2) is 6.98. The number of hydrogen-bond acceptors (Lipinski definition) is 5. The van der Waals surface area contributed by atoms with Crippen LogP contribution in [0.15, 0.2) is 53.6 Å². The zero-order chi connectivity index (χ0) is 15.9. The minimum atomic E-state index is -0.683. The van der Waals surface area contributed by atoms with Crippen molar-refractivity contribution in [3.05, 3.63) is 69.8 Å². The minimum Gasteiger partial charge on any atom is -0.502 e. The number of hydrogen-bond donors (Lipinski definition) is 2. The quantitative estimate of drug-likeness (QED) is 0.500. The smallest absolute Gasteiger partial charge is 0.310 e. The molecule has 2 aromatic rings. The highest BCUT2D eigenvalue weighted by molar-refractivity contribution is 5.84. The van der Waals surface area contributed by atoms with Gasteiger partial charge in [-0.25, -0.2) is 5.43 Å². The fourth-order valence-electron chi connectivity index (χ4n) is 1.77. The SMILES string of the molecule is O=C(Cc1ccccc1)N/N=C\c1ccc([N+](=O)[O-])c(O)c1. The maximum atomic E-state index is 11.6. The van der Waals surface area contributed by atoms with E-state index in [1.54, 1.807) is 0 Å². The summed E-state index contributed by atoms with van der Waals surface area (Å²) in [6.45, 7) is 0. The number of rotatable bonds is 5. The van der Waals surface area contributed by atoms with E-state index in [-0.39, 0.29) is 18.0 Å². The van der Waals surface area contributed by atoms with Gasteiger partial charge in [-0.05, 0) is 23.3 Å².